The van der Waals surface area contributed by atoms with Crippen LogP contribution >= 0.6 is 24.0 Å². The Morgan fingerprint density at radius 2 is 1.80 bits per heavy atom. The van der Waals surface area contributed by atoms with Gasteiger partial charge < -0.3 is 10.2 Å². The van der Waals surface area contributed by atoms with Crippen LogP contribution in [0.25, 0.3) is 0 Å². The normalized spacial score (nSPS) is 24.6. The molecule has 1 aromatic rings. The highest BCUT2D eigenvalue weighted by molar-refractivity contribution is 6.30. The first-order chi connectivity index (χ1) is 9.31. The first kappa shape index (κ1) is 16.1. The van der Waals surface area contributed by atoms with E-state index in [1.165, 1.54) is 57.5 Å². The summed E-state index contributed by atoms with van der Waals surface area (Å²) < 4.78 is 0. The lowest BCUT2D eigenvalue weighted by molar-refractivity contribution is 0.239. The van der Waals surface area contributed by atoms with Crippen molar-refractivity contribution in [3.05, 3.63) is 34.9 Å². The van der Waals surface area contributed by atoms with Crippen LogP contribution in [0.15, 0.2) is 24.3 Å². The summed E-state index contributed by atoms with van der Waals surface area (Å²) in [4.78, 5) is 2.66. The minimum atomic E-state index is 0. The topological polar surface area (TPSA) is 15.3 Å². The largest absolute Gasteiger partial charge is 0.317 e. The van der Waals surface area contributed by atoms with Crippen LogP contribution in [0.3, 0.4) is 0 Å². The lowest BCUT2D eigenvalue weighted by Crippen LogP contribution is -2.35. The van der Waals surface area contributed by atoms with E-state index in [1.807, 2.05) is 12.1 Å². The molecule has 2 saturated heterocycles. The minimum Gasteiger partial charge on any atom is -0.317 e. The monoisotopic (exact) mass is 314 g/mol. The summed E-state index contributed by atoms with van der Waals surface area (Å²) >= 11 is 5.96. The molecular weight excluding hydrogens is 291 g/mol. The van der Waals surface area contributed by atoms with Gasteiger partial charge >= 0.3 is 0 Å². The third kappa shape index (κ3) is 4.11. The fourth-order valence-corrected chi connectivity index (χ4v) is 3.56. The second kappa shape index (κ2) is 7.65. The van der Waals surface area contributed by atoms with Crippen LogP contribution in [-0.2, 0) is 0 Å². The lowest BCUT2D eigenvalue weighted by Gasteiger charge is -2.27. The third-order valence-corrected chi connectivity index (χ3v) is 4.84. The summed E-state index contributed by atoms with van der Waals surface area (Å²) in [6, 6.07) is 8.43. The van der Waals surface area contributed by atoms with Crippen LogP contribution in [0.4, 0.5) is 0 Å². The Kier molecular flexibility index (Phi) is 6.16. The summed E-state index contributed by atoms with van der Waals surface area (Å²) in [6.45, 7) is 6.20. The maximum absolute atomic E-state index is 5.96. The molecule has 1 atom stereocenters. The van der Waals surface area contributed by atoms with Crippen molar-refractivity contribution in [2.45, 2.75) is 25.2 Å². The molecule has 0 radical (unpaired) electrons. The summed E-state index contributed by atoms with van der Waals surface area (Å²) in [5.41, 5.74) is 1.46. The molecular formula is C16H24Cl2N2. The Hall–Kier alpha value is -0.280. The van der Waals surface area contributed by atoms with E-state index in [0.717, 1.165) is 10.9 Å². The van der Waals surface area contributed by atoms with Gasteiger partial charge in [0.15, 0.2) is 0 Å². The molecule has 20 heavy (non-hydrogen) atoms. The zero-order valence-electron chi connectivity index (χ0n) is 11.9. The van der Waals surface area contributed by atoms with Crippen LogP contribution in [0.2, 0.25) is 5.02 Å². The van der Waals surface area contributed by atoms with Gasteiger partial charge in [0.05, 0.1) is 0 Å². The van der Waals surface area contributed by atoms with Gasteiger partial charge in [0.25, 0.3) is 0 Å². The van der Waals surface area contributed by atoms with Crippen molar-refractivity contribution in [1.29, 1.82) is 0 Å². The van der Waals surface area contributed by atoms with Gasteiger partial charge in [-0.1, -0.05) is 23.7 Å². The molecule has 2 aliphatic heterocycles. The van der Waals surface area contributed by atoms with Gasteiger partial charge in [0.2, 0.25) is 0 Å². The minimum absolute atomic E-state index is 0. The highest BCUT2D eigenvalue weighted by atomic mass is 35.5. The number of piperidine rings is 1. The zero-order valence-corrected chi connectivity index (χ0v) is 13.4. The van der Waals surface area contributed by atoms with Crippen LogP contribution < -0.4 is 5.32 Å². The number of hydrogen-bond acceptors (Lipinski definition) is 2. The molecule has 0 spiro atoms. The first-order valence-corrected chi connectivity index (χ1v) is 7.87. The summed E-state index contributed by atoms with van der Waals surface area (Å²) in [5, 5.41) is 4.29. The van der Waals surface area contributed by atoms with Gasteiger partial charge in [-0.05, 0) is 68.4 Å². The van der Waals surface area contributed by atoms with Crippen LogP contribution in [-0.4, -0.2) is 37.6 Å². The average Bonchev–Trinajstić information content (AvgIpc) is 2.89. The Labute approximate surface area is 133 Å². The molecule has 1 aromatic carbocycles. The average molecular weight is 315 g/mol. The first-order valence-electron chi connectivity index (χ1n) is 7.50. The number of nitrogens with one attached hydrogen (secondary N) is 1. The third-order valence-electron chi connectivity index (χ3n) is 4.59. The van der Waals surface area contributed by atoms with Crippen molar-refractivity contribution in [2.75, 3.05) is 32.7 Å². The number of nitrogens with zero attached hydrogens (tertiary/aromatic N) is 1. The molecule has 2 heterocycles. The van der Waals surface area contributed by atoms with Gasteiger partial charge in [-0.2, -0.15) is 0 Å². The van der Waals surface area contributed by atoms with Crippen molar-refractivity contribution >= 4 is 24.0 Å². The number of likely N-dealkylation sites (tertiary alicyclic amines) is 1. The van der Waals surface area contributed by atoms with E-state index in [9.17, 15) is 0 Å². The van der Waals surface area contributed by atoms with Crippen LogP contribution in [0.1, 0.15) is 30.7 Å². The summed E-state index contributed by atoms with van der Waals surface area (Å²) in [7, 11) is 0. The molecule has 0 bridgehead atoms. The second-order valence-electron chi connectivity index (χ2n) is 5.99. The van der Waals surface area contributed by atoms with Crippen LogP contribution in [0.5, 0.6) is 0 Å². The molecule has 1 N–H and O–H groups in total. The number of hydrogen-bond donors (Lipinski definition) is 1. The van der Waals surface area contributed by atoms with E-state index in [0.29, 0.717) is 5.92 Å². The van der Waals surface area contributed by atoms with Crippen molar-refractivity contribution in [1.82, 2.24) is 10.2 Å². The highest BCUT2D eigenvalue weighted by Gasteiger charge is 2.26. The molecule has 0 amide bonds. The highest BCUT2D eigenvalue weighted by Crippen LogP contribution is 2.29. The number of halogens is 2. The van der Waals surface area contributed by atoms with E-state index >= 15 is 0 Å². The molecule has 2 aliphatic rings. The predicted molar refractivity (Wildman–Crippen MR) is 88.1 cm³/mol. The lowest BCUT2D eigenvalue weighted by atomic mass is 9.97. The fourth-order valence-electron chi connectivity index (χ4n) is 3.43. The molecule has 2 fully saturated rings. The Morgan fingerprint density at radius 3 is 2.50 bits per heavy atom. The molecule has 0 saturated carbocycles. The van der Waals surface area contributed by atoms with E-state index < -0.39 is 0 Å². The molecule has 4 heteroatoms. The van der Waals surface area contributed by atoms with E-state index in [1.54, 1.807) is 0 Å². The van der Waals surface area contributed by atoms with Gasteiger partial charge in [0, 0.05) is 18.1 Å². The number of benzene rings is 1. The van der Waals surface area contributed by atoms with Gasteiger partial charge in [-0.15, -0.1) is 12.4 Å². The zero-order chi connectivity index (χ0) is 13.1. The standard InChI is InChI=1S/C16H23ClN2.ClH/c17-16-3-1-14(2-4-16)15-7-10-19(12-15)11-13-5-8-18-9-6-13;/h1-4,13,15,18H,5-12H2;1H. The van der Waals surface area contributed by atoms with Gasteiger partial charge in [-0.25, -0.2) is 0 Å². The van der Waals surface area contributed by atoms with E-state index in [4.69, 9.17) is 11.6 Å². The van der Waals surface area contributed by atoms with E-state index in [2.05, 4.69) is 22.3 Å². The smallest absolute Gasteiger partial charge is 0.0406 e. The Morgan fingerprint density at radius 1 is 1.10 bits per heavy atom. The van der Waals surface area contributed by atoms with Gasteiger partial charge in [0.1, 0.15) is 0 Å². The Bertz CT molecular complexity index is 401. The van der Waals surface area contributed by atoms with E-state index in [-0.39, 0.29) is 12.4 Å². The SMILES string of the molecule is Cl.Clc1ccc(C2CCN(CC3CCNCC3)C2)cc1. The maximum Gasteiger partial charge on any atom is 0.0406 e. The maximum atomic E-state index is 5.96. The van der Waals surface area contributed by atoms with Crippen molar-refractivity contribution < 1.29 is 0 Å². The quantitative estimate of drug-likeness (QED) is 0.918. The van der Waals surface area contributed by atoms with Crippen molar-refractivity contribution in [3.8, 4) is 0 Å². The Balaban J connectivity index is 0.00000147. The summed E-state index contributed by atoms with van der Waals surface area (Å²) in [5.74, 6) is 1.62. The molecule has 3 rings (SSSR count). The molecule has 0 aromatic heterocycles. The van der Waals surface area contributed by atoms with Crippen molar-refractivity contribution in [2.24, 2.45) is 5.92 Å². The molecule has 2 nitrogen and oxygen atoms in total. The molecule has 0 aliphatic carbocycles. The van der Waals surface area contributed by atoms with Crippen LogP contribution in [0, 0.1) is 5.92 Å². The summed E-state index contributed by atoms with van der Waals surface area (Å²) in [6.07, 6.45) is 4.00. The second-order valence-corrected chi connectivity index (χ2v) is 6.43. The van der Waals surface area contributed by atoms with Crippen molar-refractivity contribution in [3.63, 3.8) is 0 Å². The molecule has 1 unspecified atom stereocenters. The van der Waals surface area contributed by atoms with Gasteiger partial charge in [-0.3, -0.25) is 0 Å². The fraction of sp³-hybridized carbons (Fsp3) is 0.625. The number of rotatable bonds is 3. The molecule has 112 valence electrons. The predicted octanol–water partition coefficient (Wildman–Crippen LogP) is 3.55.